The molecule has 5 heteroatoms. The van der Waals surface area contributed by atoms with E-state index in [-0.39, 0.29) is 0 Å². The molecule has 55 heavy (non-hydrogen) atoms. The lowest BCUT2D eigenvalue weighted by molar-refractivity contribution is 1.17. The third kappa shape index (κ3) is 4.39. The lowest BCUT2D eigenvalue weighted by Crippen LogP contribution is -1.97. The van der Waals surface area contributed by atoms with E-state index >= 15 is 0 Å². The lowest BCUT2D eigenvalue weighted by atomic mass is 10.0. The first-order valence-electron chi connectivity index (χ1n) is 18.3. The number of fused-ring (bicyclic) bond motifs is 9. The van der Waals surface area contributed by atoms with Crippen molar-refractivity contribution >= 4 is 71.1 Å². The smallest absolute Gasteiger partial charge is 0.218 e. The van der Waals surface area contributed by atoms with Gasteiger partial charge in [0.2, 0.25) is 5.69 Å². The van der Waals surface area contributed by atoms with Crippen LogP contribution in [0.3, 0.4) is 0 Å². The summed E-state index contributed by atoms with van der Waals surface area (Å²) in [6.45, 7) is 8.58. The fourth-order valence-corrected chi connectivity index (χ4v) is 8.80. The first-order chi connectivity index (χ1) is 27.2. The summed E-state index contributed by atoms with van der Waals surface area (Å²) in [5.41, 5.74) is 12.5. The Bertz CT molecular complexity index is 3400. The molecule has 0 amide bonds. The average Bonchev–Trinajstić information content (AvgIpc) is 3.89. The molecule has 0 spiro atoms. The van der Waals surface area contributed by atoms with Gasteiger partial charge in [0.15, 0.2) is 0 Å². The minimum absolute atomic E-state index is 0.593. The molecule has 8 aromatic carbocycles. The monoisotopic (exact) mass is 699 g/mol. The van der Waals surface area contributed by atoms with Crippen LogP contribution in [0, 0.1) is 17.9 Å². The fraction of sp³-hybridized carbons (Fsp3) is 0. The Balaban J connectivity index is 1.11. The SMILES string of the molecule is [C-]#[N+]c1c(-c2ccc(-n3c4ccccc4c4ccc(C#N)cc43)cc2)cccc1-n1c2ccccc2c2c(-n3c4ccccc4c4ccccc43)cccc21. The second kappa shape index (κ2) is 11.8. The van der Waals surface area contributed by atoms with Crippen LogP contribution >= 0.6 is 0 Å². The van der Waals surface area contributed by atoms with Crippen molar-refractivity contribution in [1.29, 1.82) is 5.26 Å². The van der Waals surface area contributed by atoms with Crippen molar-refractivity contribution < 1.29 is 0 Å². The highest BCUT2D eigenvalue weighted by molar-refractivity contribution is 6.17. The van der Waals surface area contributed by atoms with E-state index in [2.05, 4.69) is 170 Å². The van der Waals surface area contributed by atoms with E-state index in [4.69, 9.17) is 6.57 Å². The summed E-state index contributed by atoms with van der Waals surface area (Å²) in [6.07, 6.45) is 0. The van der Waals surface area contributed by atoms with Crippen molar-refractivity contribution in [1.82, 2.24) is 13.7 Å². The summed E-state index contributed by atoms with van der Waals surface area (Å²) >= 11 is 0. The largest absolute Gasteiger partial charge is 0.319 e. The van der Waals surface area contributed by atoms with Gasteiger partial charge in [-0.3, -0.25) is 0 Å². The maximum atomic E-state index is 9.70. The van der Waals surface area contributed by atoms with Gasteiger partial charge in [-0.05, 0) is 77.9 Å². The van der Waals surface area contributed by atoms with Crippen LogP contribution in [-0.2, 0) is 0 Å². The summed E-state index contributed by atoms with van der Waals surface area (Å²) in [5, 5.41) is 16.7. The third-order valence-corrected chi connectivity index (χ3v) is 11.1. The molecule has 0 saturated carbocycles. The molecule has 0 bridgehead atoms. The molecule has 5 nitrogen and oxygen atoms in total. The molecule has 11 aromatic rings. The normalized spacial score (nSPS) is 11.6. The van der Waals surface area contributed by atoms with Gasteiger partial charge in [0.25, 0.3) is 0 Å². The highest BCUT2D eigenvalue weighted by atomic mass is 15.0. The predicted molar refractivity (Wildman–Crippen MR) is 226 cm³/mol. The molecule has 0 aliphatic rings. The number of nitriles is 1. The molecule has 254 valence electrons. The Morgan fingerprint density at radius 2 is 0.945 bits per heavy atom. The number of para-hydroxylation sites is 5. The number of rotatable bonds is 4. The molecule has 0 radical (unpaired) electrons. The molecule has 3 aromatic heterocycles. The van der Waals surface area contributed by atoms with Gasteiger partial charge in [-0.25, -0.2) is 4.85 Å². The molecule has 0 atom stereocenters. The maximum Gasteiger partial charge on any atom is 0.218 e. The Morgan fingerprint density at radius 1 is 0.436 bits per heavy atom. The van der Waals surface area contributed by atoms with Crippen LogP contribution in [-0.4, -0.2) is 13.7 Å². The minimum Gasteiger partial charge on any atom is -0.319 e. The molecular formula is C50H29N5. The standard InChI is InChI=1S/C50H29N5/c1-52-50-35(33-25-27-34(28-26-33)53-41-17-6-2-14-38(41)39-29-24-32(31-51)30-48(39)53)16-10-23-47(50)55-44-20-9-5-15-40(44)49-45(21-11-22-46(49)55)54-42-18-7-3-12-36(42)37-13-4-8-19-43(37)54/h2-30H. The van der Waals surface area contributed by atoms with E-state index in [1.807, 2.05) is 30.3 Å². The Kier molecular flexibility index (Phi) is 6.61. The van der Waals surface area contributed by atoms with Crippen LogP contribution < -0.4 is 0 Å². The van der Waals surface area contributed by atoms with Crippen LogP contribution in [0.1, 0.15) is 5.56 Å². The summed E-state index contributed by atoms with van der Waals surface area (Å²) < 4.78 is 6.86. The van der Waals surface area contributed by atoms with Crippen LogP contribution in [0.4, 0.5) is 5.69 Å². The molecule has 11 rings (SSSR count). The van der Waals surface area contributed by atoms with Crippen molar-refractivity contribution in [3.05, 3.63) is 193 Å². The van der Waals surface area contributed by atoms with E-state index in [0.29, 0.717) is 11.3 Å². The van der Waals surface area contributed by atoms with Crippen molar-refractivity contribution in [3.63, 3.8) is 0 Å². The molecule has 0 aliphatic heterocycles. The second-order valence-corrected chi connectivity index (χ2v) is 13.9. The van der Waals surface area contributed by atoms with Gasteiger partial charge in [0.05, 0.1) is 62.7 Å². The topological polar surface area (TPSA) is 42.9 Å². The van der Waals surface area contributed by atoms with Gasteiger partial charge in [0, 0.05) is 38.0 Å². The zero-order valence-electron chi connectivity index (χ0n) is 29.5. The molecule has 0 aliphatic carbocycles. The summed E-state index contributed by atoms with van der Waals surface area (Å²) in [7, 11) is 0. The lowest BCUT2D eigenvalue weighted by Gasteiger charge is -2.15. The molecule has 0 unspecified atom stereocenters. The van der Waals surface area contributed by atoms with E-state index in [1.165, 1.54) is 10.8 Å². The number of nitrogens with zero attached hydrogens (tertiary/aromatic N) is 5. The van der Waals surface area contributed by atoms with E-state index < -0.39 is 0 Å². The Morgan fingerprint density at radius 3 is 1.58 bits per heavy atom. The van der Waals surface area contributed by atoms with E-state index in [9.17, 15) is 5.26 Å². The number of aromatic nitrogens is 3. The van der Waals surface area contributed by atoms with E-state index in [1.54, 1.807) is 0 Å². The van der Waals surface area contributed by atoms with Gasteiger partial charge in [-0.1, -0.05) is 109 Å². The van der Waals surface area contributed by atoms with Crippen LogP contribution in [0.25, 0.3) is 98.5 Å². The van der Waals surface area contributed by atoms with Gasteiger partial charge < -0.3 is 13.7 Å². The first kappa shape index (κ1) is 30.7. The minimum atomic E-state index is 0.593. The predicted octanol–water partition coefficient (Wildman–Crippen LogP) is 13.1. The van der Waals surface area contributed by atoms with Gasteiger partial charge in [-0.2, -0.15) is 5.26 Å². The summed E-state index contributed by atoms with van der Waals surface area (Å²) in [6, 6.07) is 63.4. The van der Waals surface area contributed by atoms with Crippen LogP contribution in [0.15, 0.2) is 176 Å². The van der Waals surface area contributed by atoms with Crippen molar-refractivity contribution in [2.45, 2.75) is 0 Å². The number of hydrogen-bond acceptors (Lipinski definition) is 1. The molecule has 3 heterocycles. The number of hydrogen-bond donors (Lipinski definition) is 0. The van der Waals surface area contributed by atoms with Crippen LogP contribution in [0.2, 0.25) is 0 Å². The van der Waals surface area contributed by atoms with E-state index in [0.717, 1.165) is 82.8 Å². The molecular weight excluding hydrogens is 671 g/mol. The molecule has 0 N–H and O–H groups in total. The average molecular weight is 700 g/mol. The van der Waals surface area contributed by atoms with Gasteiger partial charge in [-0.15, -0.1) is 0 Å². The van der Waals surface area contributed by atoms with Crippen molar-refractivity contribution in [2.24, 2.45) is 0 Å². The van der Waals surface area contributed by atoms with Crippen molar-refractivity contribution in [3.8, 4) is 34.3 Å². The second-order valence-electron chi connectivity index (χ2n) is 13.9. The Hall–Kier alpha value is -7.86. The highest BCUT2D eigenvalue weighted by Gasteiger charge is 2.22. The van der Waals surface area contributed by atoms with Crippen LogP contribution in [0.5, 0.6) is 0 Å². The zero-order valence-corrected chi connectivity index (χ0v) is 29.5. The van der Waals surface area contributed by atoms with Gasteiger partial charge in [0.1, 0.15) is 0 Å². The molecule has 0 saturated heterocycles. The van der Waals surface area contributed by atoms with Gasteiger partial charge >= 0.3 is 0 Å². The summed E-state index contributed by atoms with van der Waals surface area (Å²) in [4.78, 5) is 4.23. The molecule has 0 fully saturated rings. The maximum absolute atomic E-state index is 9.70. The Labute approximate surface area is 316 Å². The van der Waals surface area contributed by atoms with Crippen molar-refractivity contribution in [2.75, 3.05) is 0 Å². The zero-order chi connectivity index (χ0) is 36.6. The number of benzene rings is 8. The highest BCUT2D eigenvalue weighted by Crippen LogP contribution is 2.44. The summed E-state index contributed by atoms with van der Waals surface area (Å²) in [5.74, 6) is 0. The fourth-order valence-electron chi connectivity index (χ4n) is 8.80. The quantitative estimate of drug-likeness (QED) is 0.169. The third-order valence-electron chi connectivity index (χ3n) is 11.1. The first-order valence-corrected chi connectivity index (χ1v) is 18.3.